The second-order valence-electron chi connectivity index (χ2n) is 5.93. The van der Waals surface area contributed by atoms with Crippen LogP contribution in [0.4, 0.5) is 0 Å². The van der Waals surface area contributed by atoms with E-state index in [0.29, 0.717) is 10.8 Å². The van der Waals surface area contributed by atoms with Crippen LogP contribution in [0.25, 0.3) is 0 Å². The summed E-state index contributed by atoms with van der Waals surface area (Å²) in [5.41, 5.74) is 0.965. The quantitative estimate of drug-likeness (QED) is 0.858. The monoisotopic (exact) mass is 369 g/mol. The third-order valence-corrected chi connectivity index (χ3v) is 7.79. The summed E-state index contributed by atoms with van der Waals surface area (Å²) in [5.74, 6) is -0.100. The summed E-state index contributed by atoms with van der Waals surface area (Å²) < 4.78 is 24.5. The molecule has 1 aromatic rings. The predicted octanol–water partition coefficient (Wildman–Crippen LogP) is 2.57. The molecular formula is C13H17Cl2NO3S2. The summed E-state index contributed by atoms with van der Waals surface area (Å²) in [6.07, 6.45) is 3.14. The zero-order valence-corrected chi connectivity index (χ0v) is 14.5. The Labute approximate surface area is 138 Å². The molecule has 1 aromatic heterocycles. The van der Waals surface area contributed by atoms with Crippen LogP contribution < -0.4 is 5.32 Å². The van der Waals surface area contributed by atoms with Crippen molar-refractivity contribution >= 4 is 44.4 Å². The number of fused-ring (bicyclic) bond motifs is 1. The van der Waals surface area contributed by atoms with Crippen molar-refractivity contribution in [2.24, 2.45) is 0 Å². The van der Waals surface area contributed by atoms with Gasteiger partial charge in [0, 0.05) is 18.2 Å². The van der Waals surface area contributed by atoms with E-state index in [1.807, 2.05) is 0 Å². The second kappa shape index (κ2) is 5.65. The van der Waals surface area contributed by atoms with E-state index in [9.17, 15) is 13.5 Å². The summed E-state index contributed by atoms with van der Waals surface area (Å²) in [6, 6.07) is 0.0392. The van der Waals surface area contributed by atoms with Gasteiger partial charge in [0.1, 0.15) is 0 Å². The number of sulfone groups is 1. The molecule has 0 amide bonds. The third kappa shape index (κ3) is 3.26. The van der Waals surface area contributed by atoms with Gasteiger partial charge in [0.05, 0.1) is 25.8 Å². The molecule has 2 heterocycles. The molecule has 3 rings (SSSR count). The van der Waals surface area contributed by atoms with Crippen molar-refractivity contribution in [2.75, 3.05) is 18.1 Å². The molecule has 1 saturated heterocycles. The number of aliphatic hydroxyl groups is 1. The highest BCUT2D eigenvalue weighted by Crippen LogP contribution is 2.44. The first-order valence-corrected chi connectivity index (χ1v) is 10.3. The topological polar surface area (TPSA) is 66.4 Å². The van der Waals surface area contributed by atoms with Crippen molar-refractivity contribution < 1.29 is 13.5 Å². The molecule has 0 radical (unpaired) electrons. The predicted molar refractivity (Wildman–Crippen MR) is 86.2 cm³/mol. The number of hydrogen-bond donors (Lipinski definition) is 2. The first-order valence-electron chi connectivity index (χ1n) is 6.92. The lowest BCUT2D eigenvalue weighted by Gasteiger charge is -2.29. The lowest BCUT2D eigenvalue weighted by atomic mass is 9.90. The van der Waals surface area contributed by atoms with E-state index in [2.05, 4.69) is 5.32 Å². The van der Waals surface area contributed by atoms with E-state index in [4.69, 9.17) is 23.2 Å². The van der Waals surface area contributed by atoms with E-state index in [1.165, 1.54) is 11.3 Å². The number of hydrogen-bond acceptors (Lipinski definition) is 5. The van der Waals surface area contributed by atoms with Crippen molar-refractivity contribution in [3.63, 3.8) is 0 Å². The van der Waals surface area contributed by atoms with E-state index in [0.717, 1.165) is 34.7 Å². The molecule has 2 atom stereocenters. The zero-order valence-electron chi connectivity index (χ0n) is 11.4. The summed E-state index contributed by atoms with van der Waals surface area (Å²) in [4.78, 5) is 0. The Balaban J connectivity index is 1.73. The molecule has 0 bridgehead atoms. The van der Waals surface area contributed by atoms with Crippen molar-refractivity contribution in [1.29, 1.82) is 0 Å². The van der Waals surface area contributed by atoms with Gasteiger partial charge in [-0.1, -0.05) is 23.2 Å². The van der Waals surface area contributed by atoms with Gasteiger partial charge in [-0.15, -0.1) is 11.3 Å². The molecule has 0 saturated carbocycles. The van der Waals surface area contributed by atoms with Crippen LogP contribution in [0.2, 0.25) is 8.67 Å². The minimum absolute atomic E-state index is 0.0392. The van der Waals surface area contributed by atoms with Crippen LogP contribution in [0.15, 0.2) is 0 Å². The summed E-state index contributed by atoms with van der Waals surface area (Å²) >= 11 is 13.8. The summed E-state index contributed by atoms with van der Waals surface area (Å²) in [7, 11) is -3.11. The van der Waals surface area contributed by atoms with E-state index in [-0.39, 0.29) is 24.1 Å². The van der Waals surface area contributed by atoms with Crippen LogP contribution in [0, 0.1) is 0 Å². The van der Waals surface area contributed by atoms with Crippen LogP contribution in [-0.4, -0.2) is 37.2 Å². The van der Waals surface area contributed by atoms with Gasteiger partial charge in [-0.3, -0.25) is 0 Å². The molecule has 8 heteroatoms. The molecule has 1 aliphatic carbocycles. The fraction of sp³-hybridized carbons (Fsp3) is 0.692. The van der Waals surface area contributed by atoms with Crippen molar-refractivity contribution in [1.82, 2.24) is 5.32 Å². The van der Waals surface area contributed by atoms with Gasteiger partial charge in [-0.05, 0) is 31.2 Å². The van der Waals surface area contributed by atoms with Crippen LogP contribution in [-0.2, 0) is 16.3 Å². The largest absolute Gasteiger partial charge is 0.387 e. The first kappa shape index (κ1) is 16.0. The lowest BCUT2D eigenvalue weighted by molar-refractivity contribution is 0.0634. The van der Waals surface area contributed by atoms with Gasteiger partial charge in [-0.2, -0.15) is 0 Å². The average molecular weight is 370 g/mol. The van der Waals surface area contributed by atoms with Crippen LogP contribution in [0.3, 0.4) is 0 Å². The molecule has 1 fully saturated rings. The molecule has 118 valence electrons. The minimum Gasteiger partial charge on any atom is -0.387 e. The van der Waals surface area contributed by atoms with Crippen LogP contribution in [0.1, 0.15) is 36.4 Å². The molecule has 2 unspecified atom stereocenters. The second-order valence-corrected chi connectivity index (χ2v) is 10.3. The van der Waals surface area contributed by atoms with Gasteiger partial charge in [-0.25, -0.2) is 8.42 Å². The standard InChI is InChI=1S/C13H17Cl2NO3S2/c14-11-8-2-1-3-9(10(8)12(15)20-11)16-6-13(17)4-5-21(18,19)7-13/h9,16-17H,1-7H2. The highest BCUT2D eigenvalue weighted by molar-refractivity contribution is 7.91. The number of rotatable bonds is 3. The Morgan fingerprint density at radius 2 is 2.14 bits per heavy atom. The van der Waals surface area contributed by atoms with E-state index < -0.39 is 15.4 Å². The van der Waals surface area contributed by atoms with Crippen LogP contribution >= 0.6 is 34.5 Å². The molecule has 1 aliphatic heterocycles. The Bertz CT molecular complexity index is 659. The Morgan fingerprint density at radius 1 is 1.38 bits per heavy atom. The number of thiophene rings is 1. The van der Waals surface area contributed by atoms with Gasteiger partial charge in [0.15, 0.2) is 9.84 Å². The highest BCUT2D eigenvalue weighted by atomic mass is 35.5. The van der Waals surface area contributed by atoms with E-state index >= 15 is 0 Å². The highest BCUT2D eigenvalue weighted by Gasteiger charge is 2.41. The average Bonchev–Trinajstić information content (AvgIpc) is 2.85. The van der Waals surface area contributed by atoms with Crippen molar-refractivity contribution in [3.8, 4) is 0 Å². The Kier molecular flexibility index (Phi) is 4.31. The molecule has 4 nitrogen and oxygen atoms in total. The molecule has 2 N–H and O–H groups in total. The summed E-state index contributed by atoms with van der Waals surface area (Å²) in [5, 5.41) is 13.7. The normalized spacial score (nSPS) is 31.3. The van der Waals surface area contributed by atoms with Gasteiger partial charge >= 0.3 is 0 Å². The molecule has 0 aromatic carbocycles. The van der Waals surface area contributed by atoms with Gasteiger partial charge in [0.25, 0.3) is 0 Å². The first-order chi connectivity index (χ1) is 9.80. The molecule has 0 spiro atoms. The fourth-order valence-electron chi connectivity index (χ4n) is 3.18. The smallest absolute Gasteiger partial charge is 0.153 e. The maximum Gasteiger partial charge on any atom is 0.153 e. The SMILES string of the molecule is O=S1(=O)CCC(O)(CNC2CCCc3c(Cl)sc(Cl)c32)C1. The number of nitrogens with one attached hydrogen (secondary N) is 1. The fourth-order valence-corrected chi connectivity index (χ4v) is 6.98. The molecule has 2 aliphatic rings. The maximum atomic E-state index is 11.5. The minimum atomic E-state index is -3.11. The zero-order chi connectivity index (χ0) is 15.3. The van der Waals surface area contributed by atoms with Crippen molar-refractivity contribution in [2.45, 2.75) is 37.3 Å². The third-order valence-electron chi connectivity index (χ3n) is 4.27. The number of halogens is 2. The summed E-state index contributed by atoms with van der Waals surface area (Å²) in [6.45, 7) is 0.264. The van der Waals surface area contributed by atoms with Gasteiger partial charge in [0.2, 0.25) is 0 Å². The van der Waals surface area contributed by atoms with Gasteiger partial charge < -0.3 is 10.4 Å². The Morgan fingerprint density at radius 3 is 2.81 bits per heavy atom. The Hall–Kier alpha value is 0.150. The van der Waals surface area contributed by atoms with E-state index in [1.54, 1.807) is 0 Å². The van der Waals surface area contributed by atoms with Crippen LogP contribution in [0.5, 0.6) is 0 Å². The molecule has 21 heavy (non-hydrogen) atoms. The maximum absolute atomic E-state index is 11.5. The lowest BCUT2D eigenvalue weighted by Crippen LogP contribution is -2.43. The van der Waals surface area contributed by atoms with Crippen molar-refractivity contribution in [3.05, 3.63) is 19.8 Å². The molecular weight excluding hydrogens is 353 g/mol.